The molecule has 0 atom stereocenters. The summed E-state index contributed by atoms with van der Waals surface area (Å²) in [5.41, 5.74) is 20.9. The van der Waals surface area contributed by atoms with Crippen molar-refractivity contribution in [2.45, 2.75) is 6.42 Å². The number of rotatable bonds is 6. The predicted octanol–water partition coefficient (Wildman–Crippen LogP) is 2.53. The Morgan fingerprint density at radius 1 is 0.833 bits per heavy atom. The van der Waals surface area contributed by atoms with Gasteiger partial charge in [-0.15, -0.1) is 0 Å². The van der Waals surface area contributed by atoms with Gasteiger partial charge in [-0.3, -0.25) is 0 Å². The average Bonchev–Trinajstić information content (AvgIpc) is 2.72. The third-order valence-electron chi connectivity index (χ3n) is 4.26. The molecule has 160 valence electrons. The number of nitrogens with one attached hydrogen (secondary N) is 1. The molecule has 0 unspecified atom stereocenters. The summed E-state index contributed by atoms with van der Waals surface area (Å²) in [5, 5.41) is 31.0. The summed E-state index contributed by atoms with van der Waals surface area (Å²) in [7, 11) is 1.58. The number of aliphatic hydroxyl groups excluding tert-OH is 1. The van der Waals surface area contributed by atoms with Crippen LogP contribution in [0.4, 0.5) is 22.7 Å². The number of methoxy groups -OCH3 is 1. The molecule has 0 heterocycles. The molecule has 8 nitrogen and oxygen atoms in total. The number of phenols is 2. The number of aliphatic hydroxyl groups is 1. The van der Waals surface area contributed by atoms with Gasteiger partial charge in [0.25, 0.3) is 0 Å². The molecule has 3 aromatic carbocycles. The molecule has 0 spiro atoms. The van der Waals surface area contributed by atoms with Crippen LogP contribution in [-0.4, -0.2) is 35.6 Å². The average molecular weight is 412 g/mol. The van der Waals surface area contributed by atoms with Crippen LogP contribution in [0.1, 0.15) is 11.1 Å². The number of hydrogen-bond acceptors (Lipinski definition) is 8. The number of nitrogen functional groups attached to an aromatic ring is 3. The molecule has 0 amide bonds. The second-order valence-corrected chi connectivity index (χ2v) is 6.56. The van der Waals surface area contributed by atoms with Crippen molar-refractivity contribution in [2.24, 2.45) is 0 Å². The van der Waals surface area contributed by atoms with E-state index < -0.39 is 0 Å². The molecule has 30 heavy (non-hydrogen) atoms. The van der Waals surface area contributed by atoms with Crippen LogP contribution in [0.2, 0.25) is 0 Å². The minimum Gasteiger partial charge on any atom is -0.508 e. The fourth-order valence-electron chi connectivity index (χ4n) is 2.74. The molecule has 10 N–H and O–H groups in total. The molecule has 0 saturated heterocycles. The Kier molecular flexibility index (Phi) is 8.01. The van der Waals surface area contributed by atoms with Crippen molar-refractivity contribution in [1.82, 2.24) is 0 Å². The minimum absolute atomic E-state index is 0.103. The van der Waals surface area contributed by atoms with Crippen molar-refractivity contribution in [2.75, 3.05) is 42.8 Å². The van der Waals surface area contributed by atoms with Crippen LogP contribution < -0.4 is 27.3 Å². The second kappa shape index (κ2) is 10.7. The molecule has 8 heteroatoms. The van der Waals surface area contributed by atoms with E-state index in [1.54, 1.807) is 43.5 Å². The lowest BCUT2D eigenvalue weighted by Gasteiger charge is -2.08. The van der Waals surface area contributed by atoms with Crippen LogP contribution in [0.3, 0.4) is 0 Å². The minimum atomic E-state index is 0.103. The Bertz CT molecular complexity index is 930. The molecule has 0 bridgehead atoms. The van der Waals surface area contributed by atoms with Gasteiger partial charge in [-0.05, 0) is 54.6 Å². The molecule has 0 fully saturated rings. The maximum absolute atomic E-state index is 9.69. The van der Waals surface area contributed by atoms with Gasteiger partial charge in [0, 0.05) is 41.2 Å². The van der Waals surface area contributed by atoms with Gasteiger partial charge in [0.1, 0.15) is 17.2 Å². The van der Waals surface area contributed by atoms with Gasteiger partial charge >= 0.3 is 0 Å². The summed E-state index contributed by atoms with van der Waals surface area (Å²) in [4.78, 5) is 0. The van der Waals surface area contributed by atoms with E-state index in [9.17, 15) is 10.2 Å². The summed E-state index contributed by atoms with van der Waals surface area (Å²) in [6, 6.07) is 15.1. The monoisotopic (exact) mass is 412 g/mol. The topological polar surface area (TPSA) is 160 Å². The summed E-state index contributed by atoms with van der Waals surface area (Å²) < 4.78 is 5.00. The Morgan fingerprint density at radius 3 is 1.87 bits per heavy atom. The van der Waals surface area contributed by atoms with Gasteiger partial charge in [0.05, 0.1) is 19.4 Å². The van der Waals surface area contributed by atoms with Crippen molar-refractivity contribution < 1.29 is 20.1 Å². The Labute approximate surface area is 175 Å². The fraction of sp³-hybridized carbons (Fsp3) is 0.182. The van der Waals surface area contributed by atoms with Crippen LogP contribution in [0.5, 0.6) is 17.2 Å². The summed E-state index contributed by atoms with van der Waals surface area (Å²) >= 11 is 0. The van der Waals surface area contributed by atoms with E-state index in [2.05, 4.69) is 5.32 Å². The van der Waals surface area contributed by atoms with Crippen molar-refractivity contribution in [3.63, 3.8) is 0 Å². The zero-order chi connectivity index (χ0) is 22.1. The molecule has 0 aliphatic carbocycles. The van der Waals surface area contributed by atoms with Crippen molar-refractivity contribution in [3.8, 4) is 17.2 Å². The third-order valence-corrected chi connectivity index (χ3v) is 4.26. The molecule has 0 saturated carbocycles. The van der Waals surface area contributed by atoms with E-state index in [0.717, 1.165) is 5.69 Å². The first kappa shape index (κ1) is 22.5. The molecule has 3 rings (SSSR count). The SMILES string of the molecule is COc1ccc(NCCO)cc1N.Nc1ccc(O)c(Cc2cc(N)ccc2O)c1. The maximum atomic E-state index is 9.69. The van der Waals surface area contributed by atoms with Gasteiger partial charge in [0.15, 0.2) is 0 Å². The quantitative estimate of drug-likeness (QED) is 0.240. The van der Waals surface area contributed by atoms with Crippen LogP contribution >= 0.6 is 0 Å². The number of anilines is 4. The highest BCUT2D eigenvalue weighted by atomic mass is 16.5. The lowest BCUT2D eigenvalue weighted by molar-refractivity contribution is 0.311. The molecule has 3 aromatic rings. The number of benzene rings is 3. The van der Waals surface area contributed by atoms with E-state index in [-0.39, 0.29) is 18.1 Å². The lowest BCUT2D eigenvalue weighted by Crippen LogP contribution is -2.05. The lowest BCUT2D eigenvalue weighted by atomic mass is 10.0. The van der Waals surface area contributed by atoms with Crippen LogP contribution in [0.25, 0.3) is 0 Å². The predicted molar refractivity (Wildman–Crippen MR) is 121 cm³/mol. The smallest absolute Gasteiger partial charge is 0.141 e. The van der Waals surface area contributed by atoms with Gasteiger partial charge in [-0.2, -0.15) is 0 Å². The van der Waals surface area contributed by atoms with Crippen LogP contribution in [0, 0.1) is 0 Å². The van der Waals surface area contributed by atoms with Crippen molar-refractivity contribution in [3.05, 3.63) is 65.7 Å². The van der Waals surface area contributed by atoms with Crippen LogP contribution in [0.15, 0.2) is 54.6 Å². The van der Waals surface area contributed by atoms with E-state index in [1.165, 1.54) is 12.1 Å². The first-order valence-electron chi connectivity index (χ1n) is 9.27. The molecule has 0 aliphatic heterocycles. The molecule has 0 aromatic heterocycles. The Balaban J connectivity index is 0.000000222. The fourth-order valence-corrected chi connectivity index (χ4v) is 2.74. The molecule has 0 aliphatic rings. The highest BCUT2D eigenvalue weighted by molar-refractivity contribution is 5.62. The van der Waals surface area contributed by atoms with E-state index >= 15 is 0 Å². The number of aromatic hydroxyl groups is 2. The zero-order valence-corrected chi connectivity index (χ0v) is 16.8. The van der Waals surface area contributed by atoms with Crippen molar-refractivity contribution >= 4 is 22.7 Å². The zero-order valence-electron chi connectivity index (χ0n) is 16.8. The number of ether oxygens (including phenoxy) is 1. The third kappa shape index (κ3) is 6.39. The maximum Gasteiger partial charge on any atom is 0.141 e. The second-order valence-electron chi connectivity index (χ2n) is 6.56. The van der Waals surface area contributed by atoms with Crippen molar-refractivity contribution in [1.29, 1.82) is 0 Å². The first-order chi connectivity index (χ1) is 14.3. The Hall–Kier alpha value is -3.78. The van der Waals surface area contributed by atoms with Crippen LogP contribution in [-0.2, 0) is 6.42 Å². The van der Waals surface area contributed by atoms with E-state index in [4.69, 9.17) is 27.0 Å². The highest BCUT2D eigenvalue weighted by Gasteiger charge is 2.07. The number of nitrogens with two attached hydrogens (primary N) is 3. The summed E-state index contributed by atoms with van der Waals surface area (Å²) in [6.45, 7) is 0.623. The van der Waals surface area contributed by atoms with Gasteiger partial charge in [-0.1, -0.05) is 0 Å². The molecular formula is C22H28N4O4. The highest BCUT2D eigenvalue weighted by Crippen LogP contribution is 2.28. The molecule has 0 radical (unpaired) electrons. The Morgan fingerprint density at radius 2 is 1.40 bits per heavy atom. The largest absolute Gasteiger partial charge is 0.508 e. The molecular weight excluding hydrogens is 384 g/mol. The summed E-state index contributed by atoms with van der Waals surface area (Å²) in [6.07, 6.45) is 0.383. The number of hydrogen-bond donors (Lipinski definition) is 7. The summed E-state index contributed by atoms with van der Waals surface area (Å²) in [5.74, 6) is 0.969. The standard InChI is InChI=1S/C13H14N2O2.C9H14N2O2/c14-10-1-3-12(16)8(6-10)5-9-7-11(15)2-4-13(9)17;1-13-9-3-2-7(6-8(9)10)11-4-5-12/h1-4,6-7,16-17H,5,14-15H2;2-3,6,11-12H,4-5,10H2,1H3. The normalized spacial score (nSPS) is 10.1. The first-order valence-corrected chi connectivity index (χ1v) is 9.27. The van der Waals surface area contributed by atoms with Gasteiger partial charge in [-0.25, -0.2) is 0 Å². The van der Waals surface area contributed by atoms with Gasteiger partial charge < -0.3 is 42.6 Å². The van der Waals surface area contributed by atoms with Gasteiger partial charge in [0.2, 0.25) is 0 Å². The number of phenolic OH excluding ortho intramolecular Hbond substituents is 2. The van der Waals surface area contributed by atoms with E-state index in [0.29, 0.717) is 46.9 Å². The van der Waals surface area contributed by atoms with E-state index in [1.807, 2.05) is 6.07 Å².